The summed E-state index contributed by atoms with van der Waals surface area (Å²) in [5.74, 6) is -0.0718. The molecule has 1 saturated heterocycles. The molecule has 0 radical (unpaired) electrons. The molecule has 0 saturated carbocycles. The van der Waals surface area contributed by atoms with Gasteiger partial charge in [-0.3, -0.25) is 4.79 Å². The zero-order chi connectivity index (χ0) is 17.1. The molecule has 6 nitrogen and oxygen atoms in total. The van der Waals surface area contributed by atoms with Crippen LogP contribution in [0.5, 0.6) is 0 Å². The summed E-state index contributed by atoms with van der Waals surface area (Å²) in [7, 11) is -3.58. The molecule has 1 aliphatic rings. The summed E-state index contributed by atoms with van der Waals surface area (Å²) in [6, 6.07) is 6.30. The summed E-state index contributed by atoms with van der Waals surface area (Å²) in [5.41, 5.74) is 0.0223. The van der Waals surface area contributed by atoms with Gasteiger partial charge in [-0.2, -0.15) is 4.31 Å². The van der Waals surface area contributed by atoms with E-state index < -0.39 is 15.6 Å². The Morgan fingerprint density at radius 1 is 1.30 bits per heavy atom. The van der Waals surface area contributed by atoms with Crippen LogP contribution in [0.3, 0.4) is 0 Å². The Bertz CT molecular complexity index is 653. The summed E-state index contributed by atoms with van der Waals surface area (Å²) in [6.45, 7) is 6.74. The lowest BCUT2D eigenvalue weighted by Crippen LogP contribution is -2.55. The number of nitrogens with zero attached hydrogens (tertiary/aromatic N) is 1. The number of anilines is 1. The highest BCUT2D eigenvalue weighted by molar-refractivity contribution is 7.89. The first kappa shape index (κ1) is 17.9. The summed E-state index contributed by atoms with van der Waals surface area (Å²) in [4.78, 5) is 11.8. The molecule has 1 amide bonds. The van der Waals surface area contributed by atoms with E-state index in [4.69, 9.17) is 4.74 Å². The van der Waals surface area contributed by atoms with Crippen molar-refractivity contribution in [3.05, 3.63) is 24.3 Å². The first-order chi connectivity index (χ1) is 10.8. The minimum absolute atomic E-state index is 0.0718. The van der Waals surface area contributed by atoms with E-state index in [2.05, 4.69) is 5.32 Å². The van der Waals surface area contributed by atoms with E-state index in [1.54, 1.807) is 12.1 Å². The molecule has 1 N–H and O–H groups in total. The van der Waals surface area contributed by atoms with Crippen LogP contribution in [0.25, 0.3) is 0 Å². The average Bonchev–Trinajstić information content (AvgIpc) is 2.47. The van der Waals surface area contributed by atoms with Crippen molar-refractivity contribution in [2.45, 2.75) is 44.0 Å². The predicted molar refractivity (Wildman–Crippen MR) is 88.8 cm³/mol. The number of morpholine rings is 1. The SMILES string of the molecule is CCCC(=O)Nc1ccc(S(=O)(=O)N2CCOCC2(C)C)cc1. The van der Waals surface area contributed by atoms with Crippen LogP contribution in [0.4, 0.5) is 5.69 Å². The number of ether oxygens (including phenoxy) is 1. The number of carbonyl (C=O) groups excluding carboxylic acids is 1. The number of hydrogen-bond acceptors (Lipinski definition) is 4. The van der Waals surface area contributed by atoms with Crippen molar-refractivity contribution in [2.75, 3.05) is 25.1 Å². The zero-order valence-corrected chi connectivity index (χ0v) is 14.6. The molecule has 1 aliphatic heterocycles. The number of sulfonamides is 1. The maximum Gasteiger partial charge on any atom is 0.243 e. The van der Waals surface area contributed by atoms with Gasteiger partial charge in [0.2, 0.25) is 15.9 Å². The van der Waals surface area contributed by atoms with E-state index in [-0.39, 0.29) is 10.8 Å². The van der Waals surface area contributed by atoms with Gasteiger partial charge in [-0.05, 0) is 44.5 Å². The summed E-state index contributed by atoms with van der Waals surface area (Å²) >= 11 is 0. The molecule has 0 bridgehead atoms. The number of rotatable bonds is 5. The molecule has 0 unspecified atom stereocenters. The van der Waals surface area contributed by atoms with Gasteiger partial charge in [-0.25, -0.2) is 8.42 Å². The van der Waals surface area contributed by atoms with Gasteiger partial charge in [-0.1, -0.05) is 6.92 Å². The van der Waals surface area contributed by atoms with Crippen LogP contribution in [-0.2, 0) is 19.6 Å². The van der Waals surface area contributed by atoms with Gasteiger partial charge >= 0.3 is 0 Å². The number of hydrogen-bond donors (Lipinski definition) is 1. The fourth-order valence-corrected chi connectivity index (χ4v) is 4.33. The number of benzene rings is 1. The lowest BCUT2D eigenvalue weighted by Gasteiger charge is -2.40. The van der Waals surface area contributed by atoms with Crippen molar-refractivity contribution in [1.29, 1.82) is 0 Å². The third-order valence-corrected chi connectivity index (χ3v) is 5.90. The number of nitrogens with one attached hydrogen (secondary N) is 1. The Morgan fingerprint density at radius 2 is 1.96 bits per heavy atom. The standard InChI is InChI=1S/C16H24N2O4S/c1-4-5-15(19)17-13-6-8-14(9-7-13)23(20,21)18-10-11-22-12-16(18,2)3/h6-9H,4-5,10-12H2,1-3H3,(H,17,19). The molecule has 0 aliphatic carbocycles. The van der Waals surface area contributed by atoms with Crippen LogP contribution >= 0.6 is 0 Å². The van der Waals surface area contributed by atoms with E-state index in [1.807, 2.05) is 20.8 Å². The molecule has 0 spiro atoms. The second-order valence-electron chi connectivity index (χ2n) is 6.26. The molecule has 1 aromatic rings. The fraction of sp³-hybridized carbons (Fsp3) is 0.562. The van der Waals surface area contributed by atoms with Gasteiger partial charge in [0.05, 0.1) is 23.6 Å². The second-order valence-corrected chi connectivity index (χ2v) is 8.13. The van der Waals surface area contributed by atoms with Gasteiger partial charge in [0.1, 0.15) is 0 Å². The van der Waals surface area contributed by atoms with E-state index >= 15 is 0 Å². The minimum atomic E-state index is -3.58. The molecular weight excluding hydrogens is 316 g/mol. The van der Waals surface area contributed by atoms with Crippen LogP contribution < -0.4 is 5.32 Å². The molecule has 1 aromatic carbocycles. The molecule has 2 rings (SSSR count). The highest BCUT2D eigenvalue weighted by atomic mass is 32.2. The van der Waals surface area contributed by atoms with Gasteiger partial charge in [0, 0.05) is 18.7 Å². The lowest BCUT2D eigenvalue weighted by molar-refractivity contribution is -0.116. The molecule has 23 heavy (non-hydrogen) atoms. The van der Waals surface area contributed by atoms with E-state index in [9.17, 15) is 13.2 Å². The van der Waals surface area contributed by atoms with Crippen molar-refractivity contribution < 1.29 is 17.9 Å². The van der Waals surface area contributed by atoms with Crippen LogP contribution in [0, 0.1) is 0 Å². The molecule has 1 fully saturated rings. The Labute approximate surface area is 137 Å². The van der Waals surface area contributed by atoms with Crippen molar-refractivity contribution in [3.8, 4) is 0 Å². The van der Waals surface area contributed by atoms with Gasteiger partial charge < -0.3 is 10.1 Å². The van der Waals surface area contributed by atoms with Crippen molar-refractivity contribution in [1.82, 2.24) is 4.31 Å². The molecule has 1 heterocycles. The van der Waals surface area contributed by atoms with Crippen molar-refractivity contribution >= 4 is 21.6 Å². The largest absolute Gasteiger partial charge is 0.378 e. The van der Waals surface area contributed by atoms with E-state index in [0.717, 1.165) is 6.42 Å². The molecule has 0 atom stereocenters. The van der Waals surface area contributed by atoms with Gasteiger partial charge in [0.25, 0.3) is 0 Å². The van der Waals surface area contributed by atoms with Crippen LogP contribution in [0.15, 0.2) is 29.2 Å². The Hall–Kier alpha value is -1.44. The molecule has 0 aromatic heterocycles. The quantitative estimate of drug-likeness (QED) is 0.892. The van der Waals surface area contributed by atoms with Crippen LogP contribution in [-0.4, -0.2) is 43.9 Å². The maximum absolute atomic E-state index is 12.8. The topological polar surface area (TPSA) is 75.7 Å². The Balaban J connectivity index is 2.19. The normalized spacial score (nSPS) is 18.6. The maximum atomic E-state index is 12.8. The highest BCUT2D eigenvalue weighted by Crippen LogP contribution is 2.28. The number of carbonyl (C=O) groups is 1. The average molecular weight is 340 g/mol. The summed E-state index contributed by atoms with van der Waals surface area (Å²) in [5, 5.41) is 2.75. The highest BCUT2D eigenvalue weighted by Gasteiger charge is 2.39. The number of amides is 1. The summed E-state index contributed by atoms with van der Waals surface area (Å²) < 4.78 is 32.5. The lowest BCUT2D eigenvalue weighted by atomic mass is 10.1. The zero-order valence-electron chi connectivity index (χ0n) is 13.8. The van der Waals surface area contributed by atoms with Crippen molar-refractivity contribution in [3.63, 3.8) is 0 Å². The van der Waals surface area contributed by atoms with Crippen LogP contribution in [0.2, 0.25) is 0 Å². The second kappa shape index (κ2) is 6.98. The Kier molecular flexibility index (Phi) is 5.44. The third-order valence-electron chi connectivity index (χ3n) is 3.77. The van der Waals surface area contributed by atoms with E-state index in [1.165, 1.54) is 16.4 Å². The summed E-state index contributed by atoms with van der Waals surface area (Å²) in [6.07, 6.45) is 1.21. The van der Waals surface area contributed by atoms with E-state index in [0.29, 0.717) is 31.9 Å². The monoisotopic (exact) mass is 340 g/mol. The minimum Gasteiger partial charge on any atom is -0.378 e. The molecule has 128 valence electrons. The third kappa shape index (κ3) is 4.10. The first-order valence-corrected chi connectivity index (χ1v) is 9.22. The molecule has 7 heteroatoms. The fourth-order valence-electron chi connectivity index (χ4n) is 2.58. The van der Waals surface area contributed by atoms with Crippen LogP contribution in [0.1, 0.15) is 33.6 Å². The molecular formula is C16H24N2O4S. The Morgan fingerprint density at radius 3 is 2.52 bits per heavy atom. The van der Waals surface area contributed by atoms with Gasteiger partial charge in [0.15, 0.2) is 0 Å². The van der Waals surface area contributed by atoms with Crippen molar-refractivity contribution in [2.24, 2.45) is 0 Å². The first-order valence-electron chi connectivity index (χ1n) is 7.78. The smallest absolute Gasteiger partial charge is 0.243 e. The van der Waals surface area contributed by atoms with Gasteiger partial charge in [-0.15, -0.1) is 0 Å². The predicted octanol–water partition coefficient (Wildman–Crippen LogP) is 2.22.